The average molecular weight is 360 g/mol. The maximum absolute atomic E-state index is 13.3. The van der Waals surface area contributed by atoms with Gasteiger partial charge in [0.25, 0.3) is 5.91 Å². The Kier molecular flexibility index (Phi) is 4.01. The van der Waals surface area contributed by atoms with Gasteiger partial charge in [-0.1, -0.05) is 17.7 Å². The molecule has 1 aliphatic heterocycles. The number of pyridine rings is 1. The molecule has 0 aliphatic carbocycles. The highest BCUT2D eigenvalue weighted by atomic mass is 35.5. The van der Waals surface area contributed by atoms with E-state index < -0.39 is 5.82 Å². The van der Waals surface area contributed by atoms with Gasteiger partial charge in [-0.25, -0.2) is 4.39 Å². The number of nitrogens with zero attached hydrogens (tertiary/aromatic N) is 5. The third-order valence-corrected chi connectivity index (χ3v) is 4.60. The minimum absolute atomic E-state index is 0.0422. The van der Waals surface area contributed by atoms with E-state index in [1.165, 1.54) is 18.2 Å². The number of hydrogen-bond donors (Lipinski definition) is 0. The van der Waals surface area contributed by atoms with Crippen molar-refractivity contribution in [2.45, 2.75) is 0 Å². The van der Waals surface area contributed by atoms with Crippen molar-refractivity contribution in [3.8, 4) is 0 Å². The fraction of sp³-hybridized carbons (Fsp3) is 0.235. The lowest BCUT2D eigenvalue weighted by Crippen LogP contribution is -2.49. The number of halogens is 2. The Labute approximate surface area is 148 Å². The molecule has 25 heavy (non-hydrogen) atoms. The first-order chi connectivity index (χ1) is 12.1. The molecule has 0 unspecified atom stereocenters. The Morgan fingerprint density at radius 1 is 1.08 bits per heavy atom. The fourth-order valence-corrected chi connectivity index (χ4v) is 3.15. The van der Waals surface area contributed by atoms with Crippen LogP contribution in [0.25, 0.3) is 5.65 Å². The van der Waals surface area contributed by atoms with Crippen molar-refractivity contribution in [2.24, 2.45) is 0 Å². The molecule has 4 rings (SSSR count). The molecule has 2 aromatic heterocycles. The number of fused-ring (bicyclic) bond motifs is 1. The highest BCUT2D eigenvalue weighted by Crippen LogP contribution is 2.19. The molecule has 1 aromatic carbocycles. The normalized spacial score (nSPS) is 15.0. The predicted molar refractivity (Wildman–Crippen MR) is 92.5 cm³/mol. The molecule has 128 valence electrons. The van der Waals surface area contributed by atoms with Crippen LogP contribution in [0.1, 0.15) is 10.4 Å². The van der Waals surface area contributed by atoms with Gasteiger partial charge in [-0.2, -0.15) is 0 Å². The van der Waals surface area contributed by atoms with Gasteiger partial charge in [-0.05, 0) is 30.3 Å². The second-order valence-corrected chi connectivity index (χ2v) is 6.24. The van der Waals surface area contributed by atoms with E-state index in [-0.39, 0.29) is 10.9 Å². The lowest BCUT2D eigenvalue weighted by Gasteiger charge is -2.34. The van der Waals surface area contributed by atoms with Gasteiger partial charge < -0.3 is 9.80 Å². The molecule has 0 atom stereocenters. The van der Waals surface area contributed by atoms with Crippen molar-refractivity contribution >= 4 is 29.1 Å². The molecular formula is C17H15ClFN5O. The number of anilines is 1. The summed E-state index contributed by atoms with van der Waals surface area (Å²) < 4.78 is 15.2. The van der Waals surface area contributed by atoms with Gasteiger partial charge in [-0.15, -0.1) is 10.2 Å². The molecule has 0 bridgehead atoms. The lowest BCUT2D eigenvalue weighted by molar-refractivity contribution is 0.0746. The Hall–Kier alpha value is -2.67. The van der Waals surface area contributed by atoms with E-state index in [1.807, 2.05) is 28.8 Å². The van der Waals surface area contributed by atoms with Gasteiger partial charge >= 0.3 is 0 Å². The van der Waals surface area contributed by atoms with Crippen molar-refractivity contribution in [1.82, 2.24) is 19.5 Å². The molecule has 8 heteroatoms. The van der Waals surface area contributed by atoms with Gasteiger partial charge in [0.05, 0.1) is 5.02 Å². The van der Waals surface area contributed by atoms with Crippen LogP contribution >= 0.6 is 11.6 Å². The van der Waals surface area contributed by atoms with Crippen molar-refractivity contribution in [1.29, 1.82) is 0 Å². The SMILES string of the molecule is O=C(c1ccc(F)c(Cl)c1)N1CCN(c2nnc3ccccn23)CC1. The molecule has 1 aliphatic rings. The summed E-state index contributed by atoms with van der Waals surface area (Å²) >= 11 is 5.77. The Balaban J connectivity index is 1.47. The number of aromatic nitrogens is 3. The second kappa shape index (κ2) is 6.33. The van der Waals surface area contributed by atoms with Crippen molar-refractivity contribution in [3.63, 3.8) is 0 Å². The van der Waals surface area contributed by atoms with E-state index >= 15 is 0 Å². The fourth-order valence-electron chi connectivity index (χ4n) is 2.97. The van der Waals surface area contributed by atoms with E-state index in [1.54, 1.807) is 4.90 Å². The van der Waals surface area contributed by atoms with E-state index in [0.717, 1.165) is 11.6 Å². The predicted octanol–water partition coefficient (Wildman–Crippen LogP) is 2.48. The summed E-state index contributed by atoms with van der Waals surface area (Å²) in [6, 6.07) is 9.79. The van der Waals surface area contributed by atoms with Crippen LogP contribution in [0.15, 0.2) is 42.6 Å². The van der Waals surface area contributed by atoms with Gasteiger partial charge in [0.15, 0.2) is 5.65 Å². The second-order valence-electron chi connectivity index (χ2n) is 5.84. The zero-order chi connectivity index (χ0) is 17.4. The summed E-state index contributed by atoms with van der Waals surface area (Å²) in [7, 11) is 0. The van der Waals surface area contributed by atoms with Crippen LogP contribution in [0, 0.1) is 5.82 Å². The van der Waals surface area contributed by atoms with Crippen molar-refractivity contribution in [2.75, 3.05) is 31.1 Å². The lowest BCUT2D eigenvalue weighted by atomic mass is 10.2. The van der Waals surface area contributed by atoms with E-state index in [0.29, 0.717) is 31.7 Å². The van der Waals surface area contributed by atoms with Gasteiger partial charge in [0.2, 0.25) is 5.95 Å². The van der Waals surface area contributed by atoms with Crippen LogP contribution in [0.3, 0.4) is 0 Å². The number of piperazine rings is 1. The molecule has 1 saturated heterocycles. The molecule has 0 spiro atoms. The summed E-state index contributed by atoms with van der Waals surface area (Å²) in [6.45, 7) is 2.40. The number of rotatable bonds is 2. The molecule has 6 nitrogen and oxygen atoms in total. The highest BCUT2D eigenvalue weighted by molar-refractivity contribution is 6.31. The number of carbonyl (C=O) groups is 1. The third-order valence-electron chi connectivity index (χ3n) is 4.31. The summed E-state index contributed by atoms with van der Waals surface area (Å²) in [5.41, 5.74) is 1.18. The molecule has 1 fully saturated rings. The molecule has 0 radical (unpaired) electrons. The molecule has 0 saturated carbocycles. The minimum Gasteiger partial charge on any atom is -0.337 e. The maximum atomic E-state index is 13.3. The van der Waals surface area contributed by atoms with Crippen LogP contribution < -0.4 is 4.90 Å². The summed E-state index contributed by atoms with van der Waals surface area (Å²) in [6.07, 6.45) is 1.92. The zero-order valence-electron chi connectivity index (χ0n) is 13.3. The van der Waals surface area contributed by atoms with Crippen LogP contribution in [0.2, 0.25) is 5.02 Å². The Morgan fingerprint density at radius 3 is 2.64 bits per heavy atom. The summed E-state index contributed by atoms with van der Waals surface area (Å²) in [5.74, 6) is 0.0990. The van der Waals surface area contributed by atoms with Crippen molar-refractivity contribution < 1.29 is 9.18 Å². The standard InChI is InChI=1S/C17H15ClFN5O/c18-13-11-12(4-5-14(13)19)16(25)22-7-9-23(10-8-22)17-21-20-15-3-1-2-6-24(15)17/h1-6,11H,7-10H2. The number of carbonyl (C=O) groups excluding carboxylic acids is 1. The maximum Gasteiger partial charge on any atom is 0.254 e. The summed E-state index contributed by atoms with van der Waals surface area (Å²) in [5, 5.41) is 8.36. The topological polar surface area (TPSA) is 53.7 Å². The van der Waals surface area contributed by atoms with E-state index in [9.17, 15) is 9.18 Å². The Morgan fingerprint density at radius 2 is 1.88 bits per heavy atom. The van der Waals surface area contributed by atoms with Gasteiger partial charge in [0.1, 0.15) is 5.82 Å². The van der Waals surface area contributed by atoms with Crippen LogP contribution in [0.5, 0.6) is 0 Å². The minimum atomic E-state index is -0.526. The first-order valence-electron chi connectivity index (χ1n) is 7.92. The van der Waals surface area contributed by atoms with Gasteiger partial charge in [-0.3, -0.25) is 9.20 Å². The summed E-state index contributed by atoms with van der Waals surface area (Å²) in [4.78, 5) is 16.4. The van der Waals surface area contributed by atoms with Crippen molar-refractivity contribution in [3.05, 3.63) is 59.0 Å². The van der Waals surface area contributed by atoms with Crippen LogP contribution in [-0.4, -0.2) is 51.6 Å². The molecule has 3 aromatic rings. The third kappa shape index (κ3) is 2.91. The first kappa shape index (κ1) is 15.8. The molecule has 1 amide bonds. The largest absolute Gasteiger partial charge is 0.337 e. The van der Waals surface area contributed by atoms with Crippen LogP contribution in [-0.2, 0) is 0 Å². The van der Waals surface area contributed by atoms with Crippen LogP contribution in [0.4, 0.5) is 10.3 Å². The monoisotopic (exact) mass is 359 g/mol. The van der Waals surface area contributed by atoms with Gasteiger partial charge in [0, 0.05) is 37.9 Å². The highest BCUT2D eigenvalue weighted by Gasteiger charge is 2.25. The zero-order valence-corrected chi connectivity index (χ0v) is 14.0. The molecule has 0 N–H and O–H groups in total. The Bertz CT molecular complexity index is 936. The number of hydrogen-bond acceptors (Lipinski definition) is 4. The smallest absolute Gasteiger partial charge is 0.254 e. The molecule has 3 heterocycles. The van der Waals surface area contributed by atoms with E-state index in [2.05, 4.69) is 15.1 Å². The average Bonchev–Trinajstić information content (AvgIpc) is 3.08. The molecular weight excluding hydrogens is 345 g/mol. The first-order valence-corrected chi connectivity index (χ1v) is 8.30. The van der Waals surface area contributed by atoms with E-state index in [4.69, 9.17) is 11.6 Å². The quantitative estimate of drug-likeness (QED) is 0.705. The number of benzene rings is 1. The number of amides is 1.